The third-order valence-corrected chi connectivity index (χ3v) is 3.60. The van der Waals surface area contributed by atoms with E-state index in [0.717, 1.165) is 18.4 Å². The normalized spacial score (nSPS) is 12.1. The molecule has 1 amide bonds. The number of carbonyl (C=O) groups is 1. The summed E-state index contributed by atoms with van der Waals surface area (Å²) in [6.45, 7) is 2.35. The lowest BCUT2D eigenvalue weighted by atomic mass is 10.1. The predicted octanol–water partition coefficient (Wildman–Crippen LogP) is 3.58. The molecule has 21 heavy (non-hydrogen) atoms. The summed E-state index contributed by atoms with van der Waals surface area (Å²) in [6.07, 6.45) is 5.78. The molecule has 2 rings (SSSR count). The number of hydrogen-bond donors (Lipinski definition) is 2. The number of aromatic nitrogens is 1. The number of para-hydroxylation sites is 1. The van der Waals surface area contributed by atoms with E-state index in [4.69, 9.17) is 17.3 Å². The highest BCUT2D eigenvalue weighted by atomic mass is 35.5. The maximum atomic E-state index is 12.0. The molecule has 4 nitrogen and oxygen atoms in total. The Bertz CT molecular complexity index is 609. The van der Waals surface area contributed by atoms with Crippen molar-refractivity contribution in [1.82, 2.24) is 4.57 Å². The minimum Gasteiger partial charge on any atom is -0.345 e. The van der Waals surface area contributed by atoms with Crippen molar-refractivity contribution in [2.24, 2.45) is 5.73 Å². The predicted molar refractivity (Wildman–Crippen MR) is 86.4 cm³/mol. The third-order valence-electron chi connectivity index (χ3n) is 3.28. The van der Waals surface area contributed by atoms with E-state index in [2.05, 4.69) is 12.2 Å². The molecule has 0 spiro atoms. The van der Waals surface area contributed by atoms with Crippen molar-refractivity contribution < 1.29 is 4.79 Å². The van der Waals surface area contributed by atoms with E-state index >= 15 is 0 Å². The fourth-order valence-electron chi connectivity index (χ4n) is 2.17. The molecule has 0 aliphatic heterocycles. The molecule has 1 aromatic heterocycles. The van der Waals surface area contributed by atoms with Gasteiger partial charge in [-0.15, -0.1) is 0 Å². The molecule has 1 aromatic carbocycles. The molecule has 5 heteroatoms. The molecule has 0 fully saturated rings. The fraction of sp³-hybridized carbons (Fsp3) is 0.312. The minimum absolute atomic E-state index is 0.0304. The first-order valence-electron chi connectivity index (χ1n) is 7.05. The number of nitrogens with zero attached hydrogens (tertiary/aromatic N) is 1. The van der Waals surface area contributed by atoms with Crippen LogP contribution in [0.15, 0.2) is 42.7 Å². The summed E-state index contributed by atoms with van der Waals surface area (Å²) in [5.41, 5.74) is 7.74. The Labute approximate surface area is 129 Å². The van der Waals surface area contributed by atoms with Gasteiger partial charge >= 0.3 is 0 Å². The van der Waals surface area contributed by atoms with Gasteiger partial charge in [-0.1, -0.05) is 37.1 Å². The van der Waals surface area contributed by atoms with E-state index < -0.39 is 0 Å². The lowest BCUT2D eigenvalue weighted by Gasteiger charge is -2.09. The Morgan fingerprint density at radius 1 is 1.38 bits per heavy atom. The average Bonchev–Trinajstić information content (AvgIpc) is 2.90. The van der Waals surface area contributed by atoms with Crippen molar-refractivity contribution in [2.75, 3.05) is 5.32 Å². The molecule has 0 aliphatic rings. The van der Waals surface area contributed by atoms with E-state index in [0.29, 0.717) is 10.7 Å². The van der Waals surface area contributed by atoms with Crippen LogP contribution in [0.1, 0.15) is 31.4 Å². The molecule has 0 aliphatic carbocycles. The first-order chi connectivity index (χ1) is 10.1. The van der Waals surface area contributed by atoms with Crippen molar-refractivity contribution in [3.63, 3.8) is 0 Å². The summed E-state index contributed by atoms with van der Waals surface area (Å²) < 4.78 is 1.83. The molecular formula is C16H20ClN3O. The molecule has 2 aromatic rings. The number of halogens is 1. The summed E-state index contributed by atoms with van der Waals surface area (Å²) in [5, 5.41) is 3.33. The third kappa shape index (κ3) is 4.34. The quantitative estimate of drug-likeness (QED) is 0.857. The van der Waals surface area contributed by atoms with Gasteiger partial charge in [-0.2, -0.15) is 0 Å². The van der Waals surface area contributed by atoms with Crippen molar-refractivity contribution in [3.05, 3.63) is 53.3 Å². The molecular weight excluding hydrogens is 286 g/mol. The van der Waals surface area contributed by atoms with Crippen LogP contribution in [-0.4, -0.2) is 10.5 Å². The number of hydrogen-bond acceptors (Lipinski definition) is 2. The Balaban J connectivity index is 1.96. The second-order valence-corrected chi connectivity index (χ2v) is 5.45. The molecule has 3 N–H and O–H groups in total. The fourth-order valence-corrected chi connectivity index (χ4v) is 2.36. The average molecular weight is 306 g/mol. The highest BCUT2D eigenvalue weighted by Gasteiger charge is 2.09. The van der Waals surface area contributed by atoms with Gasteiger partial charge in [0.25, 0.3) is 0 Å². The van der Waals surface area contributed by atoms with Crippen LogP contribution < -0.4 is 11.1 Å². The number of nitrogens with one attached hydrogen (secondary N) is 1. The summed E-state index contributed by atoms with van der Waals surface area (Å²) in [6, 6.07) is 9.17. The van der Waals surface area contributed by atoms with Crippen molar-refractivity contribution in [2.45, 2.75) is 32.4 Å². The van der Waals surface area contributed by atoms with E-state index in [1.165, 1.54) is 0 Å². The number of amides is 1. The van der Waals surface area contributed by atoms with E-state index in [1.54, 1.807) is 12.1 Å². The van der Waals surface area contributed by atoms with Gasteiger partial charge in [0.15, 0.2) is 0 Å². The van der Waals surface area contributed by atoms with E-state index in [-0.39, 0.29) is 18.5 Å². The maximum absolute atomic E-state index is 12.0. The lowest BCUT2D eigenvalue weighted by molar-refractivity contribution is -0.116. The second-order valence-electron chi connectivity index (χ2n) is 5.04. The monoisotopic (exact) mass is 305 g/mol. The van der Waals surface area contributed by atoms with Gasteiger partial charge in [0.2, 0.25) is 5.91 Å². The molecule has 1 unspecified atom stereocenters. The van der Waals surface area contributed by atoms with Crippen LogP contribution in [0, 0.1) is 0 Å². The van der Waals surface area contributed by atoms with Crippen LogP contribution in [0.5, 0.6) is 0 Å². The van der Waals surface area contributed by atoms with Crippen molar-refractivity contribution >= 4 is 23.2 Å². The number of carbonyl (C=O) groups excluding carboxylic acids is 1. The van der Waals surface area contributed by atoms with Gasteiger partial charge in [0.05, 0.1) is 10.7 Å². The summed E-state index contributed by atoms with van der Waals surface area (Å²) in [4.78, 5) is 12.0. The number of rotatable bonds is 6. The minimum atomic E-state index is -0.116. The Kier molecular flexibility index (Phi) is 5.42. The Morgan fingerprint density at radius 3 is 2.86 bits per heavy atom. The molecule has 0 bridgehead atoms. The van der Waals surface area contributed by atoms with Crippen LogP contribution in [-0.2, 0) is 11.3 Å². The van der Waals surface area contributed by atoms with Crippen molar-refractivity contribution in [1.29, 1.82) is 0 Å². The highest BCUT2D eigenvalue weighted by molar-refractivity contribution is 6.33. The Morgan fingerprint density at radius 2 is 2.14 bits per heavy atom. The number of benzene rings is 1. The van der Waals surface area contributed by atoms with Crippen LogP contribution in [0.4, 0.5) is 5.69 Å². The molecule has 0 saturated heterocycles. The summed E-state index contributed by atoms with van der Waals surface area (Å²) in [5.74, 6) is -0.116. The summed E-state index contributed by atoms with van der Waals surface area (Å²) >= 11 is 6.01. The van der Waals surface area contributed by atoms with E-state index in [9.17, 15) is 4.79 Å². The zero-order chi connectivity index (χ0) is 15.2. The summed E-state index contributed by atoms with van der Waals surface area (Å²) in [7, 11) is 0. The first-order valence-corrected chi connectivity index (χ1v) is 7.43. The topological polar surface area (TPSA) is 60.0 Å². The second kappa shape index (κ2) is 7.29. The maximum Gasteiger partial charge on any atom is 0.244 e. The first kappa shape index (κ1) is 15.6. The SMILES string of the molecule is CCCC(N)c1ccn(CC(=O)Nc2ccccc2Cl)c1. The molecule has 112 valence electrons. The molecule has 0 radical (unpaired) electrons. The van der Waals surface area contributed by atoms with Crippen LogP contribution >= 0.6 is 11.6 Å². The van der Waals surface area contributed by atoms with Gasteiger partial charge in [-0.25, -0.2) is 0 Å². The van der Waals surface area contributed by atoms with Crippen LogP contribution in [0.25, 0.3) is 0 Å². The van der Waals surface area contributed by atoms with Crippen LogP contribution in [0.2, 0.25) is 5.02 Å². The number of anilines is 1. The van der Waals surface area contributed by atoms with Gasteiger partial charge in [0.1, 0.15) is 6.54 Å². The van der Waals surface area contributed by atoms with Gasteiger partial charge in [0, 0.05) is 18.4 Å². The largest absolute Gasteiger partial charge is 0.345 e. The highest BCUT2D eigenvalue weighted by Crippen LogP contribution is 2.20. The van der Waals surface area contributed by atoms with E-state index in [1.807, 2.05) is 35.2 Å². The standard InChI is InChI=1S/C16H20ClN3O/c1-2-5-14(18)12-8-9-20(10-12)11-16(21)19-15-7-4-3-6-13(15)17/h3-4,6-10,14H,2,5,11,18H2,1H3,(H,19,21). The van der Waals surface area contributed by atoms with Gasteiger partial charge in [-0.3, -0.25) is 4.79 Å². The van der Waals surface area contributed by atoms with Gasteiger partial charge in [-0.05, 0) is 30.2 Å². The lowest BCUT2D eigenvalue weighted by Crippen LogP contribution is -2.18. The zero-order valence-corrected chi connectivity index (χ0v) is 12.8. The zero-order valence-electron chi connectivity index (χ0n) is 12.1. The van der Waals surface area contributed by atoms with Crippen LogP contribution in [0.3, 0.4) is 0 Å². The molecule has 0 saturated carbocycles. The molecule has 1 atom stereocenters. The van der Waals surface area contributed by atoms with Gasteiger partial charge < -0.3 is 15.6 Å². The smallest absolute Gasteiger partial charge is 0.244 e. The Hall–Kier alpha value is -1.78. The number of nitrogens with two attached hydrogens (primary N) is 1. The molecule has 1 heterocycles. The van der Waals surface area contributed by atoms with Crippen molar-refractivity contribution in [3.8, 4) is 0 Å².